The Bertz CT molecular complexity index is 474. The fourth-order valence-corrected chi connectivity index (χ4v) is 1.23. The highest BCUT2D eigenvalue weighted by atomic mass is 16.2. The first-order valence-corrected chi connectivity index (χ1v) is 5.15. The second-order valence-electron chi connectivity index (χ2n) is 3.48. The van der Waals surface area contributed by atoms with Gasteiger partial charge in [0.2, 0.25) is 0 Å². The standard InChI is InChI=1S/C12H14N4O/c1-9-4-12(16-8-11(9)6-14)15-7-10(5-13)2-3-17/h4-5,7-8,13,17H,2-3H2,1H3,(H,15,16)/b10-7-,13-5?. The second-order valence-corrected chi connectivity index (χ2v) is 3.48. The summed E-state index contributed by atoms with van der Waals surface area (Å²) in [4.78, 5) is 4.06. The van der Waals surface area contributed by atoms with E-state index in [9.17, 15) is 0 Å². The number of nitriles is 1. The van der Waals surface area contributed by atoms with Crippen LogP contribution in [-0.2, 0) is 0 Å². The topological polar surface area (TPSA) is 92.8 Å². The fourth-order valence-electron chi connectivity index (χ4n) is 1.23. The van der Waals surface area contributed by atoms with Crippen LogP contribution in [0.4, 0.5) is 5.82 Å². The van der Waals surface area contributed by atoms with Crippen LogP contribution in [-0.4, -0.2) is 22.9 Å². The van der Waals surface area contributed by atoms with Gasteiger partial charge in [-0.05, 0) is 30.5 Å². The molecule has 0 aliphatic rings. The molecule has 17 heavy (non-hydrogen) atoms. The maximum absolute atomic E-state index is 8.76. The minimum Gasteiger partial charge on any atom is -0.396 e. The third kappa shape index (κ3) is 3.70. The third-order valence-corrected chi connectivity index (χ3v) is 2.22. The summed E-state index contributed by atoms with van der Waals surface area (Å²) in [5, 5.41) is 27.6. The zero-order chi connectivity index (χ0) is 12.7. The van der Waals surface area contributed by atoms with Crippen LogP contribution in [0.25, 0.3) is 0 Å². The molecule has 3 N–H and O–H groups in total. The molecule has 0 atom stereocenters. The first-order valence-electron chi connectivity index (χ1n) is 5.15. The summed E-state index contributed by atoms with van der Waals surface area (Å²) in [5.74, 6) is 0.610. The molecule has 0 aliphatic carbocycles. The van der Waals surface area contributed by atoms with Gasteiger partial charge in [0.25, 0.3) is 0 Å². The summed E-state index contributed by atoms with van der Waals surface area (Å²) in [5.41, 5.74) is 2.07. The minimum absolute atomic E-state index is 0.00270. The molecule has 0 fully saturated rings. The molecule has 0 radical (unpaired) electrons. The number of aliphatic hydroxyl groups excluding tert-OH is 1. The summed E-state index contributed by atoms with van der Waals surface area (Å²) in [7, 11) is 0. The predicted octanol–water partition coefficient (Wildman–Crippen LogP) is 1.59. The first kappa shape index (κ1) is 12.9. The van der Waals surface area contributed by atoms with Gasteiger partial charge in [-0.3, -0.25) is 0 Å². The molecule has 1 aromatic rings. The van der Waals surface area contributed by atoms with Gasteiger partial charge < -0.3 is 15.8 Å². The largest absolute Gasteiger partial charge is 0.396 e. The smallest absolute Gasteiger partial charge is 0.130 e. The van der Waals surface area contributed by atoms with E-state index in [1.807, 2.05) is 13.0 Å². The molecule has 0 bridgehead atoms. The Kier molecular flexibility index (Phi) is 4.85. The van der Waals surface area contributed by atoms with Crippen molar-refractivity contribution in [2.75, 3.05) is 11.9 Å². The lowest BCUT2D eigenvalue weighted by Crippen LogP contribution is -1.98. The van der Waals surface area contributed by atoms with Gasteiger partial charge in [-0.25, -0.2) is 4.98 Å². The van der Waals surface area contributed by atoms with Gasteiger partial charge in [0.1, 0.15) is 11.9 Å². The highest BCUT2D eigenvalue weighted by Gasteiger charge is 1.99. The summed E-state index contributed by atoms with van der Waals surface area (Å²) in [6.07, 6.45) is 4.73. The monoisotopic (exact) mass is 230 g/mol. The van der Waals surface area contributed by atoms with Crippen LogP contribution in [0.3, 0.4) is 0 Å². The molecule has 1 rings (SSSR count). The van der Waals surface area contributed by atoms with E-state index in [0.717, 1.165) is 5.56 Å². The van der Waals surface area contributed by atoms with Crippen LogP contribution < -0.4 is 5.32 Å². The van der Waals surface area contributed by atoms with Gasteiger partial charge in [0.05, 0.1) is 5.56 Å². The van der Waals surface area contributed by atoms with Crippen molar-refractivity contribution in [3.05, 3.63) is 35.2 Å². The molecule has 1 heterocycles. The van der Waals surface area contributed by atoms with E-state index < -0.39 is 0 Å². The molecule has 88 valence electrons. The molecular formula is C12H14N4O. The van der Waals surface area contributed by atoms with Gasteiger partial charge in [0.15, 0.2) is 0 Å². The Labute approximate surface area is 99.9 Å². The molecule has 1 aromatic heterocycles. The molecule has 0 unspecified atom stereocenters. The van der Waals surface area contributed by atoms with Crippen molar-refractivity contribution in [1.82, 2.24) is 4.98 Å². The number of aliphatic hydroxyl groups is 1. The molecule has 0 aromatic carbocycles. The van der Waals surface area contributed by atoms with Crippen molar-refractivity contribution in [2.24, 2.45) is 0 Å². The number of nitrogens with zero attached hydrogens (tertiary/aromatic N) is 2. The molecule has 0 spiro atoms. The number of pyridine rings is 1. The van der Waals surface area contributed by atoms with Crippen molar-refractivity contribution in [3.63, 3.8) is 0 Å². The van der Waals surface area contributed by atoms with Gasteiger partial charge in [0, 0.05) is 25.2 Å². The number of aryl methyl sites for hydroxylation is 1. The quantitative estimate of drug-likeness (QED) is 0.669. The predicted molar refractivity (Wildman–Crippen MR) is 65.9 cm³/mol. The van der Waals surface area contributed by atoms with E-state index in [1.165, 1.54) is 12.4 Å². The zero-order valence-electron chi connectivity index (χ0n) is 9.57. The SMILES string of the molecule is Cc1cc(N/C=C(\C=N)CCO)ncc1C#N. The Morgan fingerprint density at radius 3 is 3.00 bits per heavy atom. The third-order valence-electron chi connectivity index (χ3n) is 2.22. The lowest BCUT2D eigenvalue weighted by Gasteiger charge is -2.04. The van der Waals surface area contributed by atoms with Crippen LogP contribution in [0.15, 0.2) is 24.0 Å². The molecule has 0 amide bonds. The summed E-state index contributed by atoms with van der Waals surface area (Å²) < 4.78 is 0. The fraction of sp³-hybridized carbons (Fsp3) is 0.250. The van der Waals surface area contributed by atoms with Crippen LogP contribution in [0, 0.1) is 23.7 Å². The normalized spacial score (nSPS) is 10.8. The Hall–Kier alpha value is -2.19. The maximum atomic E-state index is 8.76. The average molecular weight is 230 g/mol. The molecule has 0 aliphatic heterocycles. The van der Waals surface area contributed by atoms with Gasteiger partial charge >= 0.3 is 0 Å². The summed E-state index contributed by atoms with van der Waals surface area (Å²) in [6.45, 7) is 1.84. The molecule has 0 saturated carbocycles. The second kappa shape index (κ2) is 6.40. The van der Waals surface area contributed by atoms with Crippen molar-refractivity contribution in [3.8, 4) is 6.07 Å². The number of rotatable bonds is 5. The van der Waals surface area contributed by atoms with E-state index in [4.69, 9.17) is 15.8 Å². The molecular weight excluding hydrogens is 216 g/mol. The average Bonchev–Trinajstić information content (AvgIpc) is 2.34. The summed E-state index contributed by atoms with van der Waals surface area (Å²) in [6, 6.07) is 3.80. The molecule has 5 heteroatoms. The lowest BCUT2D eigenvalue weighted by atomic mass is 10.2. The number of aromatic nitrogens is 1. The number of nitrogens with one attached hydrogen (secondary N) is 2. The highest BCUT2D eigenvalue weighted by molar-refractivity contribution is 5.76. The molecule has 5 nitrogen and oxygen atoms in total. The number of hydrogen-bond acceptors (Lipinski definition) is 5. The molecule has 0 saturated heterocycles. The van der Waals surface area contributed by atoms with E-state index in [0.29, 0.717) is 23.4 Å². The van der Waals surface area contributed by atoms with Crippen molar-refractivity contribution < 1.29 is 5.11 Å². The van der Waals surface area contributed by atoms with E-state index >= 15 is 0 Å². The van der Waals surface area contributed by atoms with Crippen molar-refractivity contribution >= 4 is 12.0 Å². The van der Waals surface area contributed by atoms with Crippen molar-refractivity contribution in [1.29, 1.82) is 10.7 Å². The van der Waals surface area contributed by atoms with Gasteiger partial charge in [-0.2, -0.15) is 5.26 Å². The van der Waals surface area contributed by atoms with Gasteiger partial charge in [-0.15, -0.1) is 0 Å². The van der Waals surface area contributed by atoms with Crippen LogP contribution in [0.5, 0.6) is 0 Å². The van der Waals surface area contributed by atoms with Gasteiger partial charge in [-0.1, -0.05) is 0 Å². The maximum Gasteiger partial charge on any atom is 0.130 e. The summed E-state index contributed by atoms with van der Waals surface area (Å²) >= 11 is 0. The number of anilines is 1. The zero-order valence-corrected chi connectivity index (χ0v) is 9.57. The number of hydrogen-bond donors (Lipinski definition) is 3. The first-order chi connectivity index (χ1) is 8.21. The Balaban J connectivity index is 2.79. The van der Waals surface area contributed by atoms with Crippen LogP contribution >= 0.6 is 0 Å². The van der Waals surface area contributed by atoms with Crippen LogP contribution in [0.1, 0.15) is 17.5 Å². The Morgan fingerprint density at radius 2 is 2.47 bits per heavy atom. The van der Waals surface area contributed by atoms with E-state index in [1.54, 1.807) is 12.3 Å². The Morgan fingerprint density at radius 1 is 1.71 bits per heavy atom. The highest BCUT2D eigenvalue weighted by Crippen LogP contribution is 2.11. The lowest BCUT2D eigenvalue weighted by molar-refractivity contribution is 0.301. The minimum atomic E-state index is 0.00270. The van der Waals surface area contributed by atoms with Crippen molar-refractivity contribution in [2.45, 2.75) is 13.3 Å². The van der Waals surface area contributed by atoms with E-state index in [-0.39, 0.29) is 6.61 Å². The van der Waals surface area contributed by atoms with E-state index in [2.05, 4.69) is 10.3 Å². The van der Waals surface area contributed by atoms with Crippen LogP contribution in [0.2, 0.25) is 0 Å².